The summed E-state index contributed by atoms with van der Waals surface area (Å²) in [4.78, 5) is 12.2. The molecule has 0 aromatic heterocycles. The number of carbonyl (C=O) groups excluding carboxylic acids is 1. The van der Waals surface area contributed by atoms with Crippen molar-refractivity contribution in [2.75, 3.05) is 40.9 Å². The molecule has 0 radical (unpaired) electrons. The van der Waals surface area contributed by atoms with Gasteiger partial charge in [-0.1, -0.05) is 74.7 Å². The number of nitrogens with zero attached hydrogens (tertiary/aromatic N) is 1. The molecule has 0 spiro atoms. The largest absolute Gasteiger partial charge is 0.490 e. The van der Waals surface area contributed by atoms with Crippen LogP contribution >= 0.6 is 0 Å². The molecule has 0 aliphatic heterocycles. The van der Waals surface area contributed by atoms with Gasteiger partial charge in [-0.15, -0.1) is 0 Å². The maximum Gasteiger partial charge on any atom is 0.308 e. The zero-order valence-corrected chi connectivity index (χ0v) is 29.3. The molecule has 0 bridgehead atoms. The molecule has 2 aliphatic rings. The Morgan fingerprint density at radius 2 is 1.56 bits per heavy atom. The van der Waals surface area contributed by atoms with Crippen LogP contribution in [0.5, 0.6) is 5.75 Å². The molecule has 2 saturated carbocycles. The van der Waals surface area contributed by atoms with Crippen LogP contribution in [0.2, 0.25) is 0 Å². The van der Waals surface area contributed by atoms with Crippen molar-refractivity contribution >= 4 is 5.97 Å². The molecule has 2 aromatic carbocycles. The van der Waals surface area contributed by atoms with Crippen LogP contribution in [0.1, 0.15) is 119 Å². The number of ether oxygens (including phenoxy) is 3. The Kier molecular flexibility index (Phi) is 13.8. The highest BCUT2D eigenvalue weighted by Gasteiger charge is 2.31. The highest BCUT2D eigenvalue weighted by molar-refractivity contribution is 5.71. The van der Waals surface area contributed by atoms with Crippen molar-refractivity contribution in [3.8, 4) is 5.75 Å². The highest BCUT2D eigenvalue weighted by Crippen LogP contribution is 2.40. The zero-order valence-electron chi connectivity index (χ0n) is 29.3. The van der Waals surface area contributed by atoms with Crippen LogP contribution in [-0.2, 0) is 14.3 Å². The summed E-state index contributed by atoms with van der Waals surface area (Å²) in [7, 11) is 6.39. The minimum Gasteiger partial charge on any atom is -0.490 e. The molecular weight excluding hydrogens is 558 g/mol. The Labute approximate surface area is 274 Å². The number of likely N-dealkylation sites (N-methyl/N-ethyl adjacent to an activating group) is 1. The van der Waals surface area contributed by atoms with E-state index in [9.17, 15) is 4.79 Å². The van der Waals surface area contributed by atoms with Crippen molar-refractivity contribution in [2.24, 2.45) is 11.8 Å². The first-order chi connectivity index (χ1) is 21.7. The number of benzene rings is 2. The quantitative estimate of drug-likeness (QED) is 0.175. The van der Waals surface area contributed by atoms with Gasteiger partial charge in [0.15, 0.2) is 0 Å². The molecule has 5 nitrogen and oxygen atoms in total. The molecule has 45 heavy (non-hydrogen) atoms. The molecule has 4 unspecified atom stereocenters. The third kappa shape index (κ3) is 11.1. The minimum absolute atomic E-state index is 0.0348. The topological polar surface area (TPSA) is 44.8 Å². The average molecular weight is 621 g/mol. The molecule has 4 rings (SSSR count). The van der Waals surface area contributed by atoms with Gasteiger partial charge in [0.1, 0.15) is 18.9 Å². The van der Waals surface area contributed by atoms with Gasteiger partial charge < -0.3 is 18.7 Å². The Balaban J connectivity index is 1.38. The monoisotopic (exact) mass is 620 g/mol. The molecule has 0 N–H and O–H groups in total. The van der Waals surface area contributed by atoms with Crippen molar-refractivity contribution in [2.45, 2.75) is 122 Å². The van der Waals surface area contributed by atoms with E-state index in [4.69, 9.17) is 14.2 Å². The number of hydrogen-bond donors (Lipinski definition) is 0. The van der Waals surface area contributed by atoms with Gasteiger partial charge in [-0.25, -0.2) is 0 Å². The van der Waals surface area contributed by atoms with Gasteiger partial charge in [0.05, 0.1) is 38.8 Å². The van der Waals surface area contributed by atoms with E-state index in [1.807, 2.05) is 21.0 Å². The van der Waals surface area contributed by atoms with Crippen LogP contribution in [0, 0.1) is 18.8 Å². The van der Waals surface area contributed by atoms with Crippen LogP contribution in [0.25, 0.3) is 0 Å². The third-order valence-electron chi connectivity index (χ3n) is 10.7. The van der Waals surface area contributed by atoms with Gasteiger partial charge >= 0.3 is 5.97 Å². The van der Waals surface area contributed by atoms with Gasteiger partial charge in [-0.2, -0.15) is 0 Å². The van der Waals surface area contributed by atoms with Crippen molar-refractivity contribution in [1.82, 2.24) is 0 Å². The molecule has 4 atom stereocenters. The fourth-order valence-electron chi connectivity index (χ4n) is 7.79. The predicted octanol–water partition coefficient (Wildman–Crippen LogP) is 9.23. The van der Waals surface area contributed by atoms with E-state index in [2.05, 4.69) is 69.6 Å². The number of carbonyl (C=O) groups is 1. The zero-order chi connectivity index (χ0) is 32.2. The summed E-state index contributed by atoms with van der Waals surface area (Å²) >= 11 is 0. The van der Waals surface area contributed by atoms with Gasteiger partial charge in [0.25, 0.3) is 0 Å². The Morgan fingerprint density at radius 1 is 0.889 bits per heavy atom. The molecule has 0 amide bonds. The first kappa shape index (κ1) is 35.5. The number of quaternary nitrogens is 1. The number of para-hydroxylation sites is 1. The highest BCUT2D eigenvalue weighted by atomic mass is 16.5. The second-order valence-electron chi connectivity index (χ2n) is 14.9. The summed E-state index contributed by atoms with van der Waals surface area (Å²) in [6.45, 7) is 8.49. The first-order valence-electron chi connectivity index (χ1n) is 18.0. The summed E-state index contributed by atoms with van der Waals surface area (Å²) in [6, 6.07) is 18.1. The normalized spacial score (nSPS) is 25.7. The fourth-order valence-corrected chi connectivity index (χ4v) is 7.79. The minimum atomic E-state index is -0.0783. The van der Waals surface area contributed by atoms with Crippen molar-refractivity contribution < 1.29 is 23.5 Å². The molecule has 0 saturated heterocycles. The van der Waals surface area contributed by atoms with E-state index in [1.165, 1.54) is 55.2 Å². The Bertz CT molecular complexity index is 1170. The van der Waals surface area contributed by atoms with Gasteiger partial charge in [0.2, 0.25) is 0 Å². The van der Waals surface area contributed by atoms with E-state index in [1.54, 1.807) is 0 Å². The van der Waals surface area contributed by atoms with Crippen LogP contribution in [-0.4, -0.2) is 63.6 Å². The lowest BCUT2D eigenvalue weighted by Gasteiger charge is -2.37. The van der Waals surface area contributed by atoms with E-state index in [-0.39, 0.29) is 18.0 Å². The molecule has 2 aliphatic carbocycles. The Morgan fingerprint density at radius 3 is 2.27 bits per heavy atom. The summed E-state index contributed by atoms with van der Waals surface area (Å²) < 4.78 is 19.4. The lowest BCUT2D eigenvalue weighted by atomic mass is 9.80. The number of methoxy groups -OCH3 is 1. The van der Waals surface area contributed by atoms with Crippen LogP contribution in [0.4, 0.5) is 0 Å². The SMILES string of the molecule is CCC(C)C(=O)OCC[N+](C)(C)CC1CC(OC)CCCC(Oc2ccccc2C2CCCC(c3cccc(C)c3)CCC2)C1. The van der Waals surface area contributed by atoms with Crippen molar-refractivity contribution in [1.29, 1.82) is 0 Å². The third-order valence-corrected chi connectivity index (χ3v) is 10.7. The number of esters is 1. The van der Waals surface area contributed by atoms with E-state index in [0.717, 1.165) is 61.8 Å². The van der Waals surface area contributed by atoms with Crippen molar-refractivity contribution in [3.05, 3.63) is 65.2 Å². The van der Waals surface area contributed by atoms with Gasteiger partial charge in [-0.05, 0) is 100 Å². The lowest BCUT2D eigenvalue weighted by Crippen LogP contribution is -2.47. The first-order valence-corrected chi connectivity index (χ1v) is 18.0. The fraction of sp³-hybridized carbons (Fsp3) is 0.675. The molecule has 2 aromatic rings. The van der Waals surface area contributed by atoms with Crippen LogP contribution < -0.4 is 4.74 Å². The summed E-state index contributed by atoms with van der Waals surface area (Å²) in [5, 5.41) is 0. The second kappa shape index (κ2) is 17.5. The second-order valence-corrected chi connectivity index (χ2v) is 14.9. The number of aryl methyl sites for hydroxylation is 1. The van der Waals surface area contributed by atoms with E-state index < -0.39 is 0 Å². The smallest absolute Gasteiger partial charge is 0.308 e. The maximum atomic E-state index is 12.2. The summed E-state index contributed by atoms with van der Waals surface area (Å²) in [5.41, 5.74) is 4.32. The van der Waals surface area contributed by atoms with E-state index >= 15 is 0 Å². The maximum absolute atomic E-state index is 12.2. The van der Waals surface area contributed by atoms with Crippen molar-refractivity contribution in [3.63, 3.8) is 0 Å². The van der Waals surface area contributed by atoms with E-state index in [0.29, 0.717) is 30.5 Å². The lowest BCUT2D eigenvalue weighted by molar-refractivity contribution is -0.894. The standard InChI is InChI=1S/C40H62NO4/c1-7-31(3)40(42)44-25-24-41(4,5)29-32-27-36(43-6)20-13-21-37(28-32)45-39-23-9-8-22-38(39)34-17-11-15-33(16-12-18-34)35-19-10-14-30(2)26-35/h8-10,14,19,22-23,26,31-34,36-37H,7,11-13,15-18,20-21,24-25,27-29H2,1-6H3/q+1. The molecule has 2 fully saturated rings. The number of hydrogen-bond acceptors (Lipinski definition) is 4. The number of rotatable bonds is 12. The van der Waals surface area contributed by atoms with Gasteiger partial charge in [0, 0.05) is 13.0 Å². The summed E-state index contributed by atoms with van der Waals surface area (Å²) in [5.74, 6) is 2.73. The van der Waals surface area contributed by atoms with Gasteiger partial charge in [-0.3, -0.25) is 4.79 Å². The predicted molar refractivity (Wildman–Crippen MR) is 185 cm³/mol. The molecular formula is C40H62NO4+. The Hall–Kier alpha value is -2.37. The molecule has 250 valence electrons. The van der Waals surface area contributed by atoms with Crippen LogP contribution in [0.3, 0.4) is 0 Å². The van der Waals surface area contributed by atoms with Crippen LogP contribution in [0.15, 0.2) is 48.5 Å². The summed E-state index contributed by atoms with van der Waals surface area (Å²) in [6.07, 6.45) is 14.2. The molecule has 5 heteroatoms. The average Bonchev–Trinajstić information content (AvgIpc) is 2.99. The molecule has 0 heterocycles.